The average Bonchev–Trinajstić information content (AvgIpc) is 3.58. The number of fused-ring (bicyclic) bond motifs is 1. The number of aromatic nitrogens is 1. The molecule has 0 saturated carbocycles. The van der Waals surface area contributed by atoms with Gasteiger partial charge < -0.3 is 9.88 Å². The normalized spacial score (nSPS) is 14.8. The number of imide groups is 1. The minimum atomic E-state index is -0.381. The maximum absolute atomic E-state index is 13.2. The molecule has 0 radical (unpaired) electrons. The number of nitrogens with one attached hydrogen (secondary N) is 1. The molecule has 4 aromatic rings. The predicted molar refractivity (Wildman–Crippen MR) is 147 cm³/mol. The Bertz CT molecular complexity index is 1490. The number of nitrogens with zero attached hydrogens (tertiary/aromatic N) is 2. The van der Waals surface area contributed by atoms with E-state index in [4.69, 9.17) is 11.6 Å². The van der Waals surface area contributed by atoms with Crippen molar-refractivity contribution in [3.63, 3.8) is 0 Å². The molecule has 1 fully saturated rings. The van der Waals surface area contributed by atoms with Crippen LogP contribution in [0.15, 0.2) is 71.1 Å². The van der Waals surface area contributed by atoms with Crippen LogP contribution in [0.2, 0.25) is 5.02 Å². The highest BCUT2D eigenvalue weighted by atomic mass is 35.5. The molecule has 0 spiro atoms. The van der Waals surface area contributed by atoms with E-state index in [1.54, 1.807) is 41.7 Å². The zero-order valence-corrected chi connectivity index (χ0v) is 21.8. The van der Waals surface area contributed by atoms with E-state index in [0.29, 0.717) is 22.2 Å². The number of amides is 3. The van der Waals surface area contributed by atoms with E-state index in [2.05, 4.69) is 12.2 Å². The molecular formula is C27H22ClN3O3S2. The van der Waals surface area contributed by atoms with E-state index in [1.165, 1.54) is 0 Å². The molecule has 182 valence electrons. The zero-order chi connectivity index (χ0) is 25.2. The van der Waals surface area contributed by atoms with Crippen molar-refractivity contribution >= 4 is 74.4 Å². The number of carbonyl (C=O) groups is 3. The number of hydrogen-bond acceptors (Lipinski definition) is 5. The molecule has 5 rings (SSSR count). The van der Waals surface area contributed by atoms with Crippen LogP contribution in [-0.2, 0) is 29.1 Å². The van der Waals surface area contributed by atoms with Gasteiger partial charge in [0, 0.05) is 27.0 Å². The second-order valence-corrected chi connectivity index (χ2v) is 10.7. The van der Waals surface area contributed by atoms with Crippen molar-refractivity contribution in [3.05, 3.63) is 92.1 Å². The first-order valence-corrected chi connectivity index (χ1v) is 13.5. The van der Waals surface area contributed by atoms with Crippen molar-refractivity contribution in [1.82, 2.24) is 9.88 Å². The first-order valence-electron chi connectivity index (χ1n) is 11.4. The summed E-state index contributed by atoms with van der Waals surface area (Å²) in [5, 5.41) is 6.05. The average molecular weight is 536 g/mol. The molecule has 9 heteroatoms. The number of rotatable bonds is 7. The van der Waals surface area contributed by atoms with Crippen LogP contribution in [0.1, 0.15) is 22.9 Å². The molecule has 36 heavy (non-hydrogen) atoms. The van der Waals surface area contributed by atoms with Crippen LogP contribution in [-0.4, -0.2) is 21.6 Å². The molecule has 1 aliphatic rings. The molecule has 3 heterocycles. The van der Waals surface area contributed by atoms with Crippen molar-refractivity contribution in [3.8, 4) is 0 Å². The van der Waals surface area contributed by atoms with Gasteiger partial charge in [-0.25, -0.2) is 4.90 Å². The molecule has 0 unspecified atom stereocenters. The Kier molecular flexibility index (Phi) is 7.00. The standard InChI is InChI=1S/C27H22ClN3O3S2/c1-2-17-5-3-7-22-18(15-30(25(17)22)16-24(32)29-14-21-6-4-12-35-21)13-23-26(33)31(27(34)36-23)20-10-8-19(28)9-11-20/h3-13,15H,2,14,16H2,1H3,(H,29,32)/b23-13-. The zero-order valence-electron chi connectivity index (χ0n) is 19.4. The summed E-state index contributed by atoms with van der Waals surface area (Å²) in [5.74, 6) is -0.477. The second-order valence-electron chi connectivity index (χ2n) is 8.23. The maximum Gasteiger partial charge on any atom is 0.298 e. The van der Waals surface area contributed by atoms with E-state index in [0.717, 1.165) is 50.0 Å². The van der Waals surface area contributed by atoms with Crippen molar-refractivity contribution in [2.45, 2.75) is 26.4 Å². The minimum absolute atomic E-state index is 0.0965. The lowest BCUT2D eigenvalue weighted by molar-refractivity contribution is -0.121. The van der Waals surface area contributed by atoms with E-state index < -0.39 is 0 Å². The first kappa shape index (κ1) is 24.4. The van der Waals surface area contributed by atoms with Gasteiger partial charge in [-0.1, -0.05) is 42.8 Å². The molecule has 0 atom stereocenters. The topological polar surface area (TPSA) is 71.4 Å². The largest absolute Gasteiger partial charge is 0.350 e. The highest BCUT2D eigenvalue weighted by molar-refractivity contribution is 8.19. The van der Waals surface area contributed by atoms with Crippen LogP contribution in [0.25, 0.3) is 17.0 Å². The van der Waals surface area contributed by atoms with Crippen LogP contribution >= 0.6 is 34.7 Å². The van der Waals surface area contributed by atoms with Crippen molar-refractivity contribution in [2.75, 3.05) is 4.90 Å². The molecule has 3 amide bonds. The molecule has 1 N–H and O–H groups in total. The molecule has 1 saturated heterocycles. The van der Waals surface area contributed by atoms with E-state index in [-0.39, 0.29) is 23.6 Å². The fraction of sp³-hybridized carbons (Fsp3) is 0.148. The van der Waals surface area contributed by atoms with Crippen molar-refractivity contribution in [2.24, 2.45) is 0 Å². The lowest BCUT2D eigenvalue weighted by Crippen LogP contribution is -2.27. The Morgan fingerprint density at radius 1 is 1.08 bits per heavy atom. The van der Waals surface area contributed by atoms with Crippen LogP contribution in [0.3, 0.4) is 0 Å². The summed E-state index contributed by atoms with van der Waals surface area (Å²) in [6, 6.07) is 16.5. The highest BCUT2D eigenvalue weighted by Gasteiger charge is 2.36. The fourth-order valence-corrected chi connectivity index (χ4v) is 5.82. The molecule has 6 nitrogen and oxygen atoms in total. The Balaban J connectivity index is 1.46. The lowest BCUT2D eigenvalue weighted by atomic mass is 10.1. The van der Waals surface area contributed by atoms with Gasteiger partial charge in [-0.05, 0) is 65.5 Å². The lowest BCUT2D eigenvalue weighted by Gasteiger charge is -2.12. The van der Waals surface area contributed by atoms with E-state index in [1.807, 2.05) is 46.5 Å². The monoisotopic (exact) mass is 535 g/mol. The van der Waals surface area contributed by atoms with Gasteiger partial charge in [0.25, 0.3) is 11.1 Å². The van der Waals surface area contributed by atoms with Crippen LogP contribution < -0.4 is 10.2 Å². The number of thiophene rings is 1. The maximum atomic E-state index is 13.2. The molecule has 2 aromatic carbocycles. The smallest absolute Gasteiger partial charge is 0.298 e. The van der Waals surface area contributed by atoms with Gasteiger partial charge in [0.1, 0.15) is 6.54 Å². The summed E-state index contributed by atoms with van der Waals surface area (Å²) in [6.45, 7) is 2.71. The quantitative estimate of drug-likeness (QED) is 0.275. The van der Waals surface area contributed by atoms with Gasteiger partial charge in [-0.2, -0.15) is 0 Å². The Morgan fingerprint density at radius 3 is 2.61 bits per heavy atom. The van der Waals surface area contributed by atoms with Gasteiger partial charge in [0.2, 0.25) is 5.91 Å². The number of hydrogen-bond donors (Lipinski definition) is 1. The molecule has 1 aliphatic heterocycles. The molecule has 0 aliphatic carbocycles. The number of carbonyl (C=O) groups excluding carboxylic acids is 3. The summed E-state index contributed by atoms with van der Waals surface area (Å²) in [4.78, 5) is 41.2. The van der Waals surface area contributed by atoms with E-state index in [9.17, 15) is 14.4 Å². The second kappa shape index (κ2) is 10.3. The van der Waals surface area contributed by atoms with Crippen molar-refractivity contribution in [1.29, 1.82) is 0 Å². The van der Waals surface area contributed by atoms with E-state index >= 15 is 0 Å². The third-order valence-electron chi connectivity index (χ3n) is 5.91. The number of benzene rings is 2. The summed E-state index contributed by atoms with van der Waals surface area (Å²) in [5.41, 5.74) is 3.32. The molecule has 0 bridgehead atoms. The molecular weight excluding hydrogens is 514 g/mol. The Labute approximate surface area is 221 Å². The predicted octanol–water partition coefficient (Wildman–Crippen LogP) is 6.48. The van der Waals surface area contributed by atoms with Crippen LogP contribution in [0.4, 0.5) is 10.5 Å². The summed E-state index contributed by atoms with van der Waals surface area (Å²) in [6.07, 6.45) is 4.41. The van der Waals surface area contributed by atoms with Crippen LogP contribution in [0.5, 0.6) is 0 Å². The first-order chi connectivity index (χ1) is 17.4. The number of aryl methyl sites for hydroxylation is 1. The number of anilines is 1. The fourth-order valence-electron chi connectivity index (χ4n) is 4.22. The van der Waals surface area contributed by atoms with Gasteiger partial charge in [-0.15, -0.1) is 11.3 Å². The third-order valence-corrected chi connectivity index (χ3v) is 7.91. The van der Waals surface area contributed by atoms with Crippen LogP contribution in [0, 0.1) is 0 Å². The van der Waals surface area contributed by atoms with Crippen molar-refractivity contribution < 1.29 is 14.4 Å². The van der Waals surface area contributed by atoms with Gasteiger partial charge in [0.05, 0.1) is 22.7 Å². The third kappa shape index (κ3) is 4.84. The number of halogens is 1. The summed E-state index contributed by atoms with van der Waals surface area (Å²) < 4.78 is 1.92. The van der Waals surface area contributed by atoms with Gasteiger partial charge in [0.15, 0.2) is 0 Å². The SMILES string of the molecule is CCc1cccc2c(/C=C3\SC(=O)N(c4ccc(Cl)cc4)C3=O)cn(CC(=O)NCc3cccs3)c12. The highest BCUT2D eigenvalue weighted by Crippen LogP contribution is 2.37. The minimum Gasteiger partial charge on any atom is -0.350 e. The number of para-hydroxylation sites is 1. The summed E-state index contributed by atoms with van der Waals surface area (Å²) >= 11 is 8.46. The number of thioether (sulfide) groups is 1. The van der Waals surface area contributed by atoms with Gasteiger partial charge in [-0.3, -0.25) is 14.4 Å². The molecule has 2 aromatic heterocycles. The Morgan fingerprint density at radius 2 is 1.89 bits per heavy atom. The Hall–Kier alpha value is -3.33. The van der Waals surface area contributed by atoms with Gasteiger partial charge >= 0.3 is 0 Å². The summed E-state index contributed by atoms with van der Waals surface area (Å²) in [7, 11) is 0.